The highest BCUT2D eigenvalue weighted by atomic mass is 19.1. The van der Waals surface area contributed by atoms with Crippen LogP contribution in [0.25, 0.3) is 22.2 Å². The molecular formula is C25H23FN2O4. The van der Waals surface area contributed by atoms with E-state index in [9.17, 15) is 14.6 Å². The van der Waals surface area contributed by atoms with Gasteiger partial charge in [0.05, 0.1) is 12.1 Å². The summed E-state index contributed by atoms with van der Waals surface area (Å²) in [6, 6.07) is 19.3. The van der Waals surface area contributed by atoms with Gasteiger partial charge in [0.25, 0.3) is 0 Å². The minimum Gasteiger partial charge on any atom is -0.491 e. The first-order valence-electron chi connectivity index (χ1n) is 10.5. The molecule has 3 atom stereocenters. The molecule has 32 heavy (non-hydrogen) atoms. The Labute approximate surface area is 184 Å². The van der Waals surface area contributed by atoms with Crippen LogP contribution in [0.15, 0.2) is 71.3 Å². The van der Waals surface area contributed by atoms with Crippen LogP contribution in [-0.4, -0.2) is 40.7 Å². The fraction of sp³-hybridized carbons (Fsp3) is 0.240. The molecule has 3 N–H and O–H groups in total. The molecule has 7 heteroatoms. The Morgan fingerprint density at radius 3 is 2.78 bits per heavy atom. The van der Waals surface area contributed by atoms with Gasteiger partial charge in [0.2, 0.25) is 0 Å². The molecule has 1 aliphatic rings. The molecule has 3 aromatic carbocycles. The van der Waals surface area contributed by atoms with Crippen LogP contribution in [0, 0.1) is 5.82 Å². The highest BCUT2D eigenvalue weighted by molar-refractivity contribution is 5.91. The predicted molar refractivity (Wildman–Crippen MR) is 118 cm³/mol. The first kappa shape index (κ1) is 20.6. The van der Waals surface area contributed by atoms with E-state index in [1.165, 1.54) is 12.1 Å². The molecule has 0 bridgehead atoms. The number of nitrogens with zero attached hydrogens (tertiary/aromatic N) is 1. The third-order valence-electron chi connectivity index (χ3n) is 5.78. The molecule has 1 aliphatic carbocycles. The Morgan fingerprint density at radius 1 is 1.12 bits per heavy atom. The zero-order chi connectivity index (χ0) is 22.1. The molecule has 1 aromatic heterocycles. The number of fused-ring (bicyclic) bond motifs is 2. The molecule has 0 radical (unpaired) electrons. The second-order valence-corrected chi connectivity index (χ2v) is 8.02. The average Bonchev–Trinajstić information content (AvgIpc) is 3.36. The third-order valence-corrected chi connectivity index (χ3v) is 5.78. The van der Waals surface area contributed by atoms with Gasteiger partial charge in [0.1, 0.15) is 30.0 Å². The van der Waals surface area contributed by atoms with Crippen molar-refractivity contribution >= 4 is 11.0 Å². The van der Waals surface area contributed by atoms with Gasteiger partial charge in [-0.05, 0) is 47.5 Å². The molecule has 5 rings (SSSR count). The van der Waals surface area contributed by atoms with Crippen molar-refractivity contribution in [2.75, 3.05) is 13.2 Å². The number of aliphatic hydroxyl groups excluding tert-OH is 2. The summed E-state index contributed by atoms with van der Waals surface area (Å²) in [5, 5.41) is 28.7. The van der Waals surface area contributed by atoms with E-state index in [0.717, 1.165) is 22.1 Å². The van der Waals surface area contributed by atoms with Gasteiger partial charge >= 0.3 is 0 Å². The van der Waals surface area contributed by atoms with Gasteiger partial charge in [-0.3, -0.25) is 0 Å². The second kappa shape index (κ2) is 8.70. The highest BCUT2D eigenvalue weighted by Gasteiger charge is 2.30. The summed E-state index contributed by atoms with van der Waals surface area (Å²) >= 11 is 0. The Bertz CT molecular complexity index is 1220. The van der Waals surface area contributed by atoms with Crippen LogP contribution in [-0.2, 0) is 6.42 Å². The van der Waals surface area contributed by atoms with E-state index < -0.39 is 12.2 Å². The summed E-state index contributed by atoms with van der Waals surface area (Å²) in [4.78, 5) is 0. The lowest BCUT2D eigenvalue weighted by atomic mass is 10.1. The highest BCUT2D eigenvalue weighted by Crippen LogP contribution is 2.31. The van der Waals surface area contributed by atoms with Gasteiger partial charge in [0.15, 0.2) is 5.58 Å². The van der Waals surface area contributed by atoms with Gasteiger partial charge in [-0.15, -0.1) is 0 Å². The van der Waals surface area contributed by atoms with Crippen LogP contribution in [0.1, 0.15) is 17.2 Å². The van der Waals surface area contributed by atoms with Crippen molar-refractivity contribution in [2.24, 2.45) is 0 Å². The Kier molecular flexibility index (Phi) is 5.61. The molecule has 6 nitrogen and oxygen atoms in total. The molecule has 164 valence electrons. The van der Waals surface area contributed by atoms with Gasteiger partial charge in [0, 0.05) is 30.0 Å². The summed E-state index contributed by atoms with van der Waals surface area (Å²) in [6.07, 6.45) is -0.621. The zero-order valence-electron chi connectivity index (χ0n) is 17.2. The lowest BCUT2D eigenvalue weighted by Gasteiger charge is -2.20. The number of aromatic nitrogens is 1. The van der Waals surface area contributed by atoms with E-state index >= 15 is 0 Å². The number of ether oxygens (including phenoxy) is 1. The van der Waals surface area contributed by atoms with Crippen LogP contribution < -0.4 is 10.1 Å². The molecule has 0 fully saturated rings. The standard InChI is InChI=1S/C25H23FN2O4/c26-17-7-10-21-23(12-17)32-28-24(21)15-5-8-19(9-6-15)31-14-18(29)13-27-25-20-4-2-1-3-16(20)11-22(25)30/h1-10,12,18,22,25,27,29-30H,11,13-14H2/t18-,22-,25+/m1/s1. The second-order valence-electron chi connectivity index (χ2n) is 8.02. The van der Waals surface area contributed by atoms with Crippen molar-refractivity contribution in [3.8, 4) is 17.0 Å². The van der Waals surface area contributed by atoms with Crippen LogP contribution in [0.5, 0.6) is 5.75 Å². The molecule has 0 saturated carbocycles. The smallest absolute Gasteiger partial charge is 0.170 e. The average molecular weight is 434 g/mol. The normalized spacial score (nSPS) is 18.6. The van der Waals surface area contributed by atoms with Crippen LogP contribution in [0.2, 0.25) is 0 Å². The quantitative estimate of drug-likeness (QED) is 0.412. The summed E-state index contributed by atoms with van der Waals surface area (Å²) in [5.74, 6) is 0.238. The largest absolute Gasteiger partial charge is 0.491 e. The molecule has 0 amide bonds. The van der Waals surface area contributed by atoms with Crippen LogP contribution in [0.3, 0.4) is 0 Å². The number of hydrogen-bond acceptors (Lipinski definition) is 6. The van der Waals surface area contributed by atoms with E-state index in [0.29, 0.717) is 30.0 Å². The van der Waals surface area contributed by atoms with Crippen molar-refractivity contribution < 1.29 is 23.9 Å². The zero-order valence-corrected chi connectivity index (χ0v) is 17.2. The fourth-order valence-corrected chi connectivity index (χ4v) is 4.16. The molecule has 0 unspecified atom stereocenters. The van der Waals surface area contributed by atoms with Gasteiger partial charge in [-0.25, -0.2) is 4.39 Å². The SMILES string of the molecule is O[C@H](CN[C@H]1c2ccccc2C[C@H]1O)COc1ccc(-c2noc3cc(F)ccc23)cc1. The maximum atomic E-state index is 13.3. The number of halogens is 1. The first-order valence-corrected chi connectivity index (χ1v) is 10.5. The predicted octanol–water partition coefficient (Wildman–Crippen LogP) is 3.62. The lowest BCUT2D eigenvalue weighted by molar-refractivity contribution is 0.0890. The fourth-order valence-electron chi connectivity index (χ4n) is 4.16. The van der Waals surface area contributed by atoms with E-state index in [1.807, 2.05) is 36.4 Å². The topological polar surface area (TPSA) is 87.8 Å². The van der Waals surface area contributed by atoms with Crippen LogP contribution in [0.4, 0.5) is 4.39 Å². The molecule has 4 aromatic rings. The number of hydrogen-bond donors (Lipinski definition) is 3. The van der Waals surface area contributed by atoms with Crippen molar-refractivity contribution in [1.29, 1.82) is 0 Å². The monoisotopic (exact) mass is 434 g/mol. The lowest BCUT2D eigenvalue weighted by Crippen LogP contribution is -2.37. The molecule has 1 heterocycles. The summed E-state index contributed by atoms with van der Waals surface area (Å²) in [5.41, 5.74) is 4.05. The van der Waals surface area contributed by atoms with E-state index in [4.69, 9.17) is 9.26 Å². The molecule has 0 aliphatic heterocycles. The van der Waals surface area contributed by atoms with Crippen molar-refractivity contribution in [3.05, 3.63) is 83.7 Å². The van der Waals surface area contributed by atoms with Crippen molar-refractivity contribution in [2.45, 2.75) is 24.7 Å². The number of aliphatic hydroxyl groups is 2. The van der Waals surface area contributed by atoms with Gasteiger partial charge in [-0.2, -0.15) is 0 Å². The van der Waals surface area contributed by atoms with Crippen molar-refractivity contribution in [1.82, 2.24) is 10.5 Å². The van der Waals surface area contributed by atoms with E-state index in [1.54, 1.807) is 18.2 Å². The minimum atomic E-state index is -0.732. The van der Waals surface area contributed by atoms with E-state index in [2.05, 4.69) is 10.5 Å². The Hall–Kier alpha value is -3.26. The number of rotatable bonds is 7. The Balaban J connectivity index is 1.17. The maximum Gasteiger partial charge on any atom is 0.170 e. The summed E-state index contributed by atoms with van der Waals surface area (Å²) in [7, 11) is 0. The number of nitrogens with one attached hydrogen (secondary N) is 1. The molecule has 0 spiro atoms. The molecule has 0 saturated heterocycles. The summed E-state index contributed by atoms with van der Waals surface area (Å²) in [6.45, 7) is 0.415. The van der Waals surface area contributed by atoms with Gasteiger partial charge in [-0.1, -0.05) is 29.4 Å². The first-order chi connectivity index (χ1) is 15.6. The summed E-state index contributed by atoms with van der Waals surface area (Å²) < 4.78 is 24.3. The molecular weight excluding hydrogens is 411 g/mol. The van der Waals surface area contributed by atoms with Crippen LogP contribution >= 0.6 is 0 Å². The maximum absolute atomic E-state index is 13.3. The Morgan fingerprint density at radius 2 is 1.94 bits per heavy atom. The minimum absolute atomic E-state index is 0.114. The van der Waals surface area contributed by atoms with Gasteiger partial charge < -0.3 is 24.8 Å². The number of benzene rings is 3. The van der Waals surface area contributed by atoms with E-state index in [-0.39, 0.29) is 18.5 Å². The van der Waals surface area contributed by atoms with Crippen molar-refractivity contribution in [3.63, 3.8) is 0 Å². The third kappa shape index (κ3) is 4.10.